The molecular weight excluding hydrogens is 221 g/mol. The van der Waals surface area contributed by atoms with E-state index >= 15 is 0 Å². The van der Waals surface area contributed by atoms with Gasteiger partial charge in [-0.05, 0) is 12.1 Å². The highest BCUT2D eigenvalue weighted by Crippen LogP contribution is 2.13. The summed E-state index contributed by atoms with van der Waals surface area (Å²) in [6, 6.07) is 3.14. The first-order valence-electron chi connectivity index (χ1n) is 5.17. The molecule has 0 aromatic carbocycles. The van der Waals surface area contributed by atoms with Crippen LogP contribution in [0.2, 0.25) is 0 Å². The molecule has 2 heterocycles. The highest BCUT2D eigenvalue weighted by atomic mass is 16.4. The summed E-state index contributed by atoms with van der Waals surface area (Å²) in [5.41, 5.74) is 0.207. The minimum atomic E-state index is -0.972. The molecular formula is C10H11BN3O3. The summed E-state index contributed by atoms with van der Waals surface area (Å²) in [5.74, 6) is -0.430. The molecule has 0 atom stereocenters. The molecule has 7 heteroatoms. The summed E-state index contributed by atoms with van der Waals surface area (Å²) >= 11 is 0. The minimum absolute atomic E-state index is 0.197. The Morgan fingerprint density at radius 1 is 1.65 bits per heavy atom. The zero-order valence-electron chi connectivity index (χ0n) is 9.04. The third-order valence-electron chi connectivity index (χ3n) is 2.54. The second-order valence-corrected chi connectivity index (χ2v) is 3.82. The van der Waals surface area contributed by atoms with Crippen LogP contribution in [-0.2, 0) is 4.79 Å². The number of nitrogens with one attached hydrogen (secondary N) is 1. The van der Waals surface area contributed by atoms with Crippen LogP contribution in [0.1, 0.15) is 10.4 Å². The van der Waals surface area contributed by atoms with E-state index < -0.39 is 5.97 Å². The zero-order valence-corrected chi connectivity index (χ0v) is 9.04. The van der Waals surface area contributed by atoms with Gasteiger partial charge < -0.3 is 20.0 Å². The van der Waals surface area contributed by atoms with E-state index in [4.69, 9.17) is 5.11 Å². The first-order chi connectivity index (χ1) is 8.19. The van der Waals surface area contributed by atoms with Crippen molar-refractivity contribution < 1.29 is 14.7 Å². The van der Waals surface area contributed by atoms with Crippen LogP contribution in [0, 0.1) is 0 Å². The van der Waals surface area contributed by atoms with Crippen molar-refractivity contribution in [1.82, 2.24) is 9.79 Å². The van der Waals surface area contributed by atoms with Crippen molar-refractivity contribution in [3.8, 4) is 0 Å². The van der Waals surface area contributed by atoms with Gasteiger partial charge in [0.15, 0.2) is 0 Å². The number of nitrogens with zero attached hydrogens (tertiary/aromatic N) is 2. The van der Waals surface area contributed by atoms with Gasteiger partial charge in [0.2, 0.25) is 0 Å². The average Bonchev–Trinajstić information content (AvgIpc) is 2.27. The Morgan fingerprint density at radius 3 is 3.06 bits per heavy atom. The molecule has 2 rings (SSSR count). The third kappa shape index (κ3) is 2.82. The fraction of sp³-hybridized carbons (Fsp3) is 0.300. The molecule has 17 heavy (non-hydrogen) atoms. The van der Waals surface area contributed by atoms with Gasteiger partial charge >= 0.3 is 5.97 Å². The number of carboxylic acid groups (broad SMARTS) is 1. The molecule has 1 radical (unpaired) electrons. The van der Waals surface area contributed by atoms with Crippen molar-refractivity contribution >= 4 is 25.4 Å². The molecule has 0 amide bonds. The van der Waals surface area contributed by atoms with Crippen molar-refractivity contribution in [1.29, 1.82) is 0 Å². The number of hydrogen-bond acceptors (Lipinski definition) is 5. The standard InChI is InChI=1S/C10H11BN3O3/c15-6-11-14-4-8(5-14)13-9-3-7(10(16)17)1-2-12-9/h1-3,6,8H,4-5H2,(H,12,13)(H,16,17). The Morgan fingerprint density at radius 2 is 2.41 bits per heavy atom. The highest BCUT2D eigenvalue weighted by molar-refractivity contribution is 6.64. The number of anilines is 1. The Kier molecular flexibility index (Phi) is 3.39. The van der Waals surface area contributed by atoms with Crippen molar-refractivity contribution in [3.63, 3.8) is 0 Å². The van der Waals surface area contributed by atoms with Gasteiger partial charge in [-0.3, -0.25) is 0 Å². The zero-order chi connectivity index (χ0) is 12.3. The number of pyridine rings is 1. The summed E-state index contributed by atoms with van der Waals surface area (Å²) in [5, 5.41) is 11.9. The molecule has 1 aromatic rings. The van der Waals surface area contributed by atoms with Crippen LogP contribution in [0.15, 0.2) is 18.3 Å². The van der Waals surface area contributed by atoms with E-state index in [1.165, 1.54) is 25.7 Å². The fourth-order valence-corrected chi connectivity index (χ4v) is 1.66. The molecule has 1 fully saturated rings. The molecule has 1 aromatic heterocycles. The van der Waals surface area contributed by atoms with Crippen LogP contribution in [0.25, 0.3) is 0 Å². The molecule has 0 unspecified atom stereocenters. The summed E-state index contributed by atoms with van der Waals surface area (Å²) in [4.78, 5) is 26.9. The van der Waals surface area contributed by atoms with Crippen LogP contribution in [0.3, 0.4) is 0 Å². The summed E-state index contributed by atoms with van der Waals surface area (Å²) in [6.45, 7) is 1.44. The summed E-state index contributed by atoms with van der Waals surface area (Å²) in [6.07, 6.45) is 2.21. The van der Waals surface area contributed by atoms with Crippen LogP contribution in [0.5, 0.6) is 0 Å². The number of aromatic nitrogens is 1. The maximum absolute atomic E-state index is 10.8. The SMILES string of the molecule is O=C[B]N1CC(Nc2cc(C(=O)O)ccn2)C1. The van der Waals surface area contributed by atoms with Gasteiger partial charge in [-0.2, -0.15) is 0 Å². The number of aromatic carboxylic acids is 1. The maximum Gasteiger partial charge on any atom is 0.335 e. The Labute approximate surface area is 98.9 Å². The minimum Gasteiger partial charge on any atom is -0.478 e. The normalized spacial score (nSPS) is 16.0. The fourth-order valence-electron chi connectivity index (χ4n) is 1.66. The number of carbonyl (C=O) groups excluding carboxylic acids is 1. The molecule has 0 spiro atoms. The monoisotopic (exact) mass is 232 g/mol. The van der Waals surface area contributed by atoms with Crippen molar-refractivity contribution in [2.45, 2.75) is 6.04 Å². The van der Waals surface area contributed by atoms with Crippen molar-refractivity contribution in [3.05, 3.63) is 23.9 Å². The lowest BCUT2D eigenvalue weighted by Crippen LogP contribution is -2.56. The number of carboxylic acids is 1. The molecule has 1 aliphatic heterocycles. The Balaban J connectivity index is 1.90. The average molecular weight is 232 g/mol. The van der Waals surface area contributed by atoms with E-state index in [1.54, 1.807) is 0 Å². The first-order valence-corrected chi connectivity index (χ1v) is 5.17. The number of rotatable bonds is 5. The Hall–Kier alpha value is -1.89. The molecule has 87 valence electrons. The first kappa shape index (κ1) is 11.6. The van der Waals surface area contributed by atoms with Gasteiger partial charge in [0.25, 0.3) is 7.41 Å². The van der Waals surface area contributed by atoms with Crippen molar-refractivity contribution in [2.24, 2.45) is 0 Å². The van der Waals surface area contributed by atoms with Gasteiger partial charge in [-0.15, -0.1) is 0 Å². The molecule has 2 N–H and O–H groups in total. The van der Waals surface area contributed by atoms with E-state index in [9.17, 15) is 9.59 Å². The second-order valence-electron chi connectivity index (χ2n) is 3.82. The van der Waals surface area contributed by atoms with Crippen LogP contribution in [-0.4, -0.2) is 53.6 Å². The third-order valence-corrected chi connectivity index (χ3v) is 2.54. The van der Waals surface area contributed by atoms with Gasteiger partial charge in [-0.1, -0.05) is 0 Å². The number of carbonyl (C=O) groups is 2. The topological polar surface area (TPSA) is 82.5 Å². The van der Waals surface area contributed by atoms with E-state index in [0.717, 1.165) is 19.3 Å². The smallest absolute Gasteiger partial charge is 0.335 e. The van der Waals surface area contributed by atoms with Crippen LogP contribution >= 0.6 is 0 Å². The quantitative estimate of drug-likeness (QED) is 0.535. The summed E-state index contributed by atoms with van der Waals surface area (Å²) < 4.78 is 0. The van der Waals surface area contributed by atoms with E-state index in [1.807, 2.05) is 4.81 Å². The molecule has 1 saturated heterocycles. The Bertz CT molecular complexity index is 435. The molecule has 0 bridgehead atoms. The molecule has 0 aliphatic carbocycles. The van der Waals surface area contributed by atoms with Gasteiger partial charge in [0, 0.05) is 19.3 Å². The molecule has 1 aliphatic rings. The van der Waals surface area contributed by atoms with Gasteiger partial charge in [0.1, 0.15) is 5.82 Å². The predicted octanol–water partition coefficient (Wildman–Crippen LogP) is -0.315. The summed E-state index contributed by atoms with van der Waals surface area (Å²) in [7, 11) is 1.49. The predicted molar refractivity (Wildman–Crippen MR) is 62.7 cm³/mol. The van der Waals surface area contributed by atoms with Crippen LogP contribution < -0.4 is 5.32 Å². The maximum atomic E-state index is 10.8. The second kappa shape index (κ2) is 4.96. The van der Waals surface area contributed by atoms with Gasteiger partial charge in [-0.25, -0.2) is 9.78 Å². The van der Waals surface area contributed by atoms with E-state index in [-0.39, 0.29) is 11.6 Å². The lowest BCUT2D eigenvalue weighted by molar-refractivity contribution is 0.0697. The van der Waals surface area contributed by atoms with Crippen LogP contribution in [0.4, 0.5) is 5.82 Å². The van der Waals surface area contributed by atoms with E-state index in [2.05, 4.69) is 10.3 Å². The lowest BCUT2D eigenvalue weighted by atomic mass is 9.88. The largest absolute Gasteiger partial charge is 0.478 e. The highest BCUT2D eigenvalue weighted by Gasteiger charge is 2.26. The van der Waals surface area contributed by atoms with E-state index in [0.29, 0.717) is 5.82 Å². The molecule has 0 saturated carbocycles. The number of hydrogen-bond donors (Lipinski definition) is 2. The van der Waals surface area contributed by atoms with Crippen molar-refractivity contribution in [2.75, 3.05) is 18.4 Å². The molecule has 6 nitrogen and oxygen atoms in total. The van der Waals surface area contributed by atoms with Gasteiger partial charge in [0.05, 0.1) is 17.8 Å². The lowest BCUT2D eigenvalue weighted by Gasteiger charge is -2.38.